The van der Waals surface area contributed by atoms with Gasteiger partial charge in [0.1, 0.15) is 5.76 Å². The zero-order valence-electron chi connectivity index (χ0n) is 15.8. The topological polar surface area (TPSA) is 76.1 Å². The van der Waals surface area contributed by atoms with Crippen molar-refractivity contribution in [2.45, 2.75) is 37.8 Å². The summed E-state index contributed by atoms with van der Waals surface area (Å²) in [5.41, 5.74) is 1.38. The molecular weight excluding hydrogens is 370 g/mol. The van der Waals surface area contributed by atoms with Gasteiger partial charge in [0.25, 0.3) is 11.7 Å². The van der Waals surface area contributed by atoms with Gasteiger partial charge in [-0.3, -0.25) is 9.59 Å². The van der Waals surface area contributed by atoms with Crippen LogP contribution in [0.3, 0.4) is 0 Å². The minimum absolute atomic E-state index is 0.0127. The highest BCUT2D eigenvalue weighted by atomic mass is 16.7. The molecule has 2 fully saturated rings. The molecule has 29 heavy (non-hydrogen) atoms. The number of ether oxygens (including phenoxy) is 2. The third-order valence-corrected chi connectivity index (χ3v) is 5.96. The second-order valence-electron chi connectivity index (χ2n) is 7.62. The van der Waals surface area contributed by atoms with E-state index < -0.39 is 17.7 Å². The number of fused-ring (bicyclic) bond motifs is 1. The van der Waals surface area contributed by atoms with E-state index in [1.165, 1.54) is 0 Å². The molecule has 1 amide bonds. The van der Waals surface area contributed by atoms with Crippen molar-refractivity contribution in [1.29, 1.82) is 0 Å². The van der Waals surface area contributed by atoms with Crippen molar-refractivity contribution < 1.29 is 24.2 Å². The van der Waals surface area contributed by atoms with Crippen LogP contribution in [0, 0.1) is 0 Å². The summed E-state index contributed by atoms with van der Waals surface area (Å²) in [6, 6.07) is 13.9. The quantitative estimate of drug-likeness (QED) is 0.490. The number of hydrogen-bond donors (Lipinski definition) is 1. The number of carbonyl (C=O) groups is 2. The van der Waals surface area contributed by atoms with Crippen LogP contribution < -0.4 is 9.47 Å². The van der Waals surface area contributed by atoms with Crippen molar-refractivity contribution in [3.63, 3.8) is 0 Å². The molecule has 0 radical (unpaired) electrons. The first-order valence-corrected chi connectivity index (χ1v) is 9.90. The predicted octanol–water partition coefficient (Wildman–Crippen LogP) is 3.78. The Morgan fingerprint density at radius 3 is 2.45 bits per heavy atom. The van der Waals surface area contributed by atoms with Crippen molar-refractivity contribution in [2.75, 3.05) is 6.79 Å². The van der Waals surface area contributed by atoms with Gasteiger partial charge in [0.05, 0.1) is 11.6 Å². The van der Waals surface area contributed by atoms with E-state index in [1.54, 1.807) is 23.1 Å². The molecule has 6 nitrogen and oxygen atoms in total. The first-order chi connectivity index (χ1) is 14.1. The van der Waals surface area contributed by atoms with E-state index in [0.29, 0.717) is 17.1 Å². The molecule has 1 atom stereocenters. The number of Topliss-reactive ketones (excluding diaryl/α,β-unsaturated/α-hetero) is 1. The number of ketones is 1. The smallest absolute Gasteiger partial charge is 0.295 e. The van der Waals surface area contributed by atoms with Gasteiger partial charge in [-0.2, -0.15) is 0 Å². The molecule has 1 saturated heterocycles. The lowest BCUT2D eigenvalue weighted by molar-refractivity contribution is -0.141. The molecule has 5 rings (SSSR count). The first kappa shape index (κ1) is 17.8. The zero-order valence-corrected chi connectivity index (χ0v) is 15.8. The molecule has 148 valence electrons. The molecule has 1 N–H and O–H groups in total. The third-order valence-electron chi connectivity index (χ3n) is 5.96. The highest BCUT2D eigenvalue weighted by Gasteiger charge is 2.49. The molecule has 6 heteroatoms. The average Bonchev–Trinajstić information content (AvgIpc) is 3.48. The maximum Gasteiger partial charge on any atom is 0.295 e. The van der Waals surface area contributed by atoms with Gasteiger partial charge < -0.3 is 19.5 Å². The minimum atomic E-state index is -0.638. The van der Waals surface area contributed by atoms with Gasteiger partial charge in [-0.05, 0) is 36.6 Å². The summed E-state index contributed by atoms with van der Waals surface area (Å²) in [5.74, 6) is -0.257. The molecular formula is C23H21NO5. The molecule has 2 aliphatic heterocycles. The Morgan fingerprint density at radius 1 is 0.966 bits per heavy atom. The van der Waals surface area contributed by atoms with Crippen LogP contribution in [-0.4, -0.2) is 34.5 Å². The largest absolute Gasteiger partial charge is 0.507 e. The number of carbonyl (C=O) groups excluding carboxylic acids is 2. The summed E-state index contributed by atoms with van der Waals surface area (Å²) < 4.78 is 10.7. The minimum Gasteiger partial charge on any atom is -0.507 e. The summed E-state index contributed by atoms with van der Waals surface area (Å²) in [6.07, 6.45) is 3.83. The average molecular weight is 391 g/mol. The van der Waals surface area contributed by atoms with Gasteiger partial charge in [-0.1, -0.05) is 43.2 Å². The van der Waals surface area contributed by atoms with E-state index in [-0.39, 0.29) is 24.2 Å². The van der Waals surface area contributed by atoms with Crippen molar-refractivity contribution in [1.82, 2.24) is 4.90 Å². The molecule has 2 heterocycles. The number of aliphatic hydroxyl groups excluding tert-OH is 1. The fourth-order valence-electron chi connectivity index (χ4n) is 4.57. The second kappa shape index (κ2) is 6.95. The lowest BCUT2D eigenvalue weighted by atomic mass is 9.94. The van der Waals surface area contributed by atoms with Crippen LogP contribution in [0.4, 0.5) is 0 Å². The van der Waals surface area contributed by atoms with Crippen molar-refractivity contribution >= 4 is 17.4 Å². The fourth-order valence-corrected chi connectivity index (χ4v) is 4.57. The van der Waals surface area contributed by atoms with Gasteiger partial charge in [0, 0.05) is 11.6 Å². The molecule has 2 aromatic carbocycles. The maximum atomic E-state index is 13.0. The van der Waals surface area contributed by atoms with Gasteiger partial charge in [-0.15, -0.1) is 0 Å². The molecule has 3 aliphatic rings. The third kappa shape index (κ3) is 2.87. The molecule has 1 aliphatic carbocycles. The zero-order chi connectivity index (χ0) is 20.0. The molecule has 2 aromatic rings. The Bertz CT molecular complexity index is 1010. The molecule has 0 aromatic heterocycles. The van der Waals surface area contributed by atoms with Crippen LogP contribution in [-0.2, 0) is 9.59 Å². The van der Waals surface area contributed by atoms with E-state index in [4.69, 9.17) is 9.47 Å². The van der Waals surface area contributed by atoms with E-state index in [2.05, 4.69) is 0 Å². The fraction of sp³-hybridized carbons (Fsp3) is 0.304. The number of likely N-dealkylation sites (tertiary alicyclic amines) is 1. The summed E-state index contributed by atoms with van der Waals surface area (Å²) >= 11 is 0. The van der Waals surface area contributed by atoms with Gasteiger partial charge in [0.2, 0.25) is 6.79 Å². The van der Waals surface area contributed by atoms with Crippen molar-refractivity contribution in [3.8, 4) is 11.5 Å². The molecule has 0 bridgehead atoms. The standard InChI is InChI=1S/C23H21NO5/c25-21(15-10-11-17-18(12-15)29-13-28-17)19-20(14-6-2-1-3-7-14)24(23(27)22(19)26)16-8-4-5-9-16/h1-3,6-7,10-12,16,20,25H,4-5,8-9,13H2/b21-19-. The first-order valence-electron chi connectivity index (χ1n) is 9.90. The lowest BCUT2D eigenvalue weighted by Gasteiger charge is -2.30. The van der Waals surface area contributed by atoms with E-state index in [9.17, 15) is 14.7 Å². The summed E-state index contributed by atoms with van der Waals surface area (Å²) in [6.45, 7) is 0.121. The van der Waals surface area contributed by atoms with Crippen LogP contribution in [0.1, 0.15) is 42.9 Å². The highest BCUT2D eigenvalue weighted by Crippen LogP contribution is 2.44. The van der Waals surface area contributed by atoms with Gasteiger partial charge in [-0.25, -0.2) is 0 Å². The Kier molecular flexibility index (Phi) is 4.27. The second-order valence-corrected chi connectivity index (χ2v) is 7.62. The molecule has 1 saturated carbocycles. The number of hydrogen-bond acceptors (Lipinski definition) is 5. The highest BCUT2D eigenvalue weighted by molar-refractivity contribution is 6.46. The Hall–Kier alpha value is -3.28. The molecule has 1 unspecified atom stereocenters. The van der Waals surface area contributed by atoms with Gasteiger partial charge >= 0.3 is 0 Å². The van der Waals surface area contributed by atoms with Crippen molar-refractivity contribution in [3.05, 3.63) is 65.2 Å². The van der Waals surface area contributed by atoms with E-state index in [1.807, 2.05) is 30.3 Å². The summed E-state index contributed by atoms with van der Waals surface area (Å²) in [5, 5.41) is 11.1. The number of aliphatic hydroxyl groups is 1. The van der Waals surface area contributed by atoms with Crippen LogP contribution >= 0.6 is 0 Å². The maximum absolute atomic E-state index is 13.0. The number of rotatable bonds is 3. The molecule has 0 spiro atoms. The van der Waals surface area contributed by atoms with Crippen LogP contribution in [0.15, 0.2) is 54.1 Å². The summed E-state index contributed by atoms with van der Waals surface area (Å²) in [7, 11) is 0. The normalized spacial score (nSPS) is 23.2. The number of amides is 1. The Morgan fingerprint density at radius 2 is 1.69 bits per heavy atom. The Balaban J connectivity index is 1.65. The monoisotopic (exact) mass is 391 g/mol. The van der Waals surface area contributed by atoms with Crippen LogP contribution in [0.25, 0.3) is 5.76 Å². The predicted molar refractivity (Wildman–Crippen MR) is 105 cm³/mol. The van der Waals surface area contributed by atoms with E-state index >= 15 is 0 Å². The van der Waals surface area contributed by atoms with Crippen molar-refractivity contribution in [2.24, 2.45) is 0 Å². The summed E-state index contributed by atoms with van der Waals surface area (Å²) in [4.78, 5) is 27.7. The Labute approximate surface area is 168 Å². The number of benzene rings is 2. The number of nitrogens with zero attached hydrogens (tertiary/aromatic N) is 1. The SMILES string of the molecule is O=C1C(=O)N(C2CCCC2)C(c2ccccc2)/C1=C(/O)c1ccc2c(c1)OCO2. The van der Waals surface area contributed by atoms with Gasteiger partial charge in [0.15, 0.2) is 11.5 Å². The van der Waals surface area contributed by atoms with Crippen LogP contribution in [0.2, 0.25) is 0 Å². The van der Waals surface area contributed by atoms with Crippen LogP contribution in [0.5, 0.6) is 11.5 Å². The van der Waals surface area contributed by atoms with E-state index in [0.717, 1.165) is 31.2 Å². The lowest BCUT2D eigenvalue weighted by Crippen LogP contribution is -2.37.